The molecule has 0 fully saturated rings. The first-order chi connectivity index (χ1) is 25.4. The Kier molecular flexibility index (Phi) is 14.7. The maximum Gasteiger partial charge on any atom is 0.0992 e. The van der Waals surface area contributed by atoms with Crippen LogP contribution in [-0.4, -0.2) is 11.4 Å². The largest absolute Gasteiger partial charge is 0.345 e. The number of nitrogens with zero attached hydrogens (tertiary/aromatic N) is 4. The summed E-state index contributed by atoms with van der Waals surface area (Å²) >= 11 is 0. The number of likely N-dealkylation sites (N-methyl/N-ethyl adjacent to an activating group) is 1. The Balaban J connectivity index is 0.000000677. The van der Waals surface area contributed by atoms with E-state index in [1.54, 1.807) is 0 Å². The van der Waals surface area contributed by atoms with Crippen molar-refractivity contribution in [2.75, 3.05) is 11.4 Å². The minimum absolute atomic E-state index is 0.259. The minimum Gasteiger partial charge on any atom is -0.345 e. The Morgan fingerprint density at radius 3 is 2.33 bits per heavy atom. The molecule has 0 heterocycles. The average molecular weight is 685 g/mol. The number of para-hydroxylation sites is 1. The van der Waals surface area contributed by atoms with Crippen LogP contribution in [-0.2, 0) is 12.8 Å². The Morgan fingerprint density at radius 2 is 1.69 bits per heavy atom. The lowest BCUT2D eigenvalue weighted by molar-refractivity contribution is 0.453. The molecule has 0 aromatic heterocycles. The highest BCUT2D eigenvalue weighted by atomic mass is 15.1. The number of anilines is 3. The molecule has 0 spiro atoms. The Morgan fingerprint density at radius 1 is 0.923 bits per heavy atom. The van der Waals surface area contributed by atoms with Crippen LogP contribution in [0.2, 0.25) is 0 Å². The molecule has 0 aliphatic heterocycles. The lowest BCUT2D eigenvalue weighted by atomic mass is 9.82. The van der Waals surface area contributed by atoms with E-state index >= 15 is 0 Å². The highest BCUT2D eigenvalue weighted by Crippen LogP contribution is 2.44. The van der Waals surface area contributed by atoms with Gasteiger partial charge in [-0.15, -0.1) is 12.3 Å². The van der Waals surface area contributed by atoms with Crippen LogP contribution in [0.4, 0.5) is 17.1 Å². The zero-order valence-corrected chi connectivity index (χ0v) is 31.8. The van der Waals surface area contributed by atoms with E-state index in [4.69, 9.17) is 11.7 Å². The van der Waals surface area contributed by atoms with Crippen LogP contribution in [0.25, 0.3) is 12.2 Å². The van der Waals surface area contributed by atoms with Crippen LogP contribution >= 0.6 is 0 Å². The molecule has 3 aromatic rings. The lowest BCUT2D eigenvalue weighted by Crippen LogP contribution is -2.21. The molecule has 1 atom stereocenters. The molecular formula is C48H52N4. The third-order valence-corrected chi connectivity index (χ3v) is 9.60. The molecule has 0 saturated heterocycles. The third kappa shape index (κ3) is 9.31. The molecule has 52 heavy (non-hydrogen) atoms. The summed E-state index contributed by atoms with van der Waals surface area (Å²) in [6.45, 7) is 13.8. The van der Waals surface area contributed by atoms with Gasteiger partial charge in [0.2, 0.25) is 0 Å². The number of rotatable bonds is 11. The Labute approximate surface area is 313 Å². The van der Waals surface area contributed by atoms with E-state index < -0.39 is 0 Å². The number of allylic oxidation sites excluding steroid dienone is 8. The van der Waals surface area contributed by atoms with Crippen molar-refractivity contribution in [1.82, 2.24) is 4.90 Å². The number of fused-ring (bicyclic) bond motifs is 1. The summed E-state index contributed by atoms with van der Waals surface area (Å²) in [7, 11) is 0. The van der Waals surface area contributed by atoms with Crippen molar-refractivity contribution in [2.45, 2.75) is 80.1 Å². The lowest BCUT2D eigenvalue weighted by Gasteiger charge is -2.32. The molecule has 5 rings (SSSR count). The van der Waals surface area contributed by atoms with Gasteiger partial charge in [-0.25, -0.2) is 0 Å². The molecule has 2 aliphatic rings. The van der Waals surface area contributed by atoms with Crippen molar-refractivity contribution in [1.29, 1.82) is 10.5 Å². The molecule has 2 aliphatic carbocycles. The van der Waals surface area contributed by atoms with Crippen molar-refractivity contribution in [3.8, 4) is 24.5 Å². The van der Waals surface area contributed by atoms with Crippen LogP contribution in [0.1, 0.15) is 95.0 Å². The predicted molar refractivity (Wildman–Crippen MR) is 221 cm³/mol. The van der Waals surface area contributed by atoms with E-state index in [9.17, 15) is 5.26 Å². The average Bonchev–Trinajstić information content (AvgIpc) is 3.19. The molecular weight excluding hydrogens is 633 g/mol. The van der Waals surface area contributed by atoms with E-state index in [0.29, 0.717) is 12.0 Å². The number of terminal acetylenes is 1. The van der Waals surface area contributed by atoms with Gasteiger partial charge >= 0.3 is 0 Å². The molecule has 264 valence electrons. The van der Waals surface area contributed by atoms with Crippen LogP contribution in [0.15, 0.2) is 120 Å². The first-order valence-corrected chi connectivity index (χ1v) is 18.6. The maximum atomic E-state index is 9.72. The zero-order valence-electron chi connectivity index (χ0n) is 31.8. The van der Waals surface area contributed by atoms with Crippen molar-refractivity contribution in [3.05, 3.63) is 147 Å². The molecule has 4 nitrogen and oxygen atoms in total. The molecule has 4 heteroatoms. The van der Waals surface area contributed by atoms with E-state index in [0.717, 1.165) is 55.7 Å². The summed E-state index contributed by atoms with van der Waals surface area (Å²) in [4.78, 5) is 4.76. The van der Waals surface area contributed by atoms with Gasteiger partial charge in [0.25, 0.3) is 0 Å². The topological polar surface area (TPSA) is 54.1 Å². The molecule has 0 N–H and O–H groups in total. The van der Waals surface area contributed by atoms with Gasteiger partial charge in [0.15, 0.2) is 0 Å². The van der Waals surface area contributed by atoms with Crippen molar-refractivity contribution < 1.29 is 0 Å². The number of aryl methyl sites for hydroxylation is 1. The standard InChI is InChI=1S/C41H43N3.C7H9N/c1-6-16-34(9-4)43(10-5)36-20-15-22-38-32(8-3)28-41(39-24-23-33(27-40(38)39)31(7-2)26-36)44(35-18-12-11-13-19-35)37-21-14-17-30(25-37)29-42;1-3-7(2)5-4-6-8/h6,9,11-19,21-26,28H,7-8,10,20,27H2,1-5H3;1,7H,4-5H2,2H3/b16-6-,22-15-,33-31-,34-9+,36-26+;. The first kappa shape index (κ1) is 39.0. The quantitative estimate of drug-likeness (QED) is 0.149. The molecule has 0 radical (unpaired) electrons. The fraction of sp³-hybridized carbons (Fsp3) is 0.292. The maximum absolute atomic E-state index is 9.72. The third-order valence-electron chi connectivity index (χ3n) is 9.60. The fourth-order valence-corrected chi connectivity index (χ4v) is 6.84. The fourth-order valence-electron chi connectivity index (χ4n) is 6.84. The molecule has 1 unspecified atom stereocenters. The molecule has 2 bridgehead atoms. The summed E-state index contributed by atoms with van der Waals surface area (Å²) in [5, 5.41) is 17.8. The molecule has 0 amide bonds. The van der Waals surface area contributed by atoms with E-state index in [1.165, 1.54) is 44.8 Å². The van der Waals surface area contributed by atoms with E-state index in [2.05, 4.69) is 147 Å². The van der Waals surface area contributed by atoms with Gasteiger partial charge < -0.3 is 9.80 Å². The SMILES string of the molecule is C#CC(C)CCC#N.C/C=C\C(=C/C)N(CC)/C1=C/C(CC)=C2/C=Cc3c(N(c4ccccc4)c4cccc(C#N)c4)cc(CC)c(c3C2)/C=C\C1. The molecule has 3 aromatic carbocycles. The number of benzene rings is 3. The first-order valence-electron chi connectivity index (χ1n) is 18.6. The van der Waals surface area contributed by atoms with Crippen LogP contribution in [0.3, 0.4) is 0 Å². The second kappa shape index (κ2) is 19.6. The number of hydrogen-bond acceptors (Lipinski definition) is 4. The van der Waals surface area contributed by atoms with Gasteiger partial charge in [-0.3, -0.25) is 0 Å². The van der Waals surface area contributed by atoms with Gasteiger partial charge in [-0.1, -0.05) is 81.5 Å². The Bertz CT molecular complexity index is 2010. The zero-order chi connectivity index (χ0) is 37.5. The second-order valence-electron chi connectivity index (χ2n) is 12.9. The summed E-state index contributed by atoms with van der Waals surface area (Å²) in [5.41, 5.74) is 14.5. The summed E-state index contributed by atoms with van der Waals surface area (Å²) in [6, 6.07) is 25.2. The van der Waals surface area contributed by atoms with Gasteiger partial charge in [-0.2, -0.15) is 10.5 Å². The highest BCUT2D eigenvalue weighted by molar-refractivity contribution is 5.88. The van der Waals surface area contributed by atoms with Gasteiger partial charge in [-0.05, 0) is 123 Å². The number of nitriles is 2. The molecule has 0 saturated carbocycles. The summed E-state index contributed by atoms with van der Waals surface area (Å²) < 4.78 is 0. The second-order valence-corrected chi connectivity index (χ2v) is 12.9. The summed E-state index contributed by atoms with van der Waals surface area (Å²) in [6.07, 6.45) is 28.5. The van der Waals surface area contributed by atoms with Gasteiger partial charge in [0.1, 0.15) is 0 Å². The smallest absolute Gasteiger partial charge is 0.0992 e. The minimum atomic E-state index is 0.259. The van der Waals surface area contributed by atoms with Crippen molar-refractivity contribution in [3.63, 3.8) is 0 Å². The summed E-state index contributed by atoms with van der Waals surface area (Å²) in [5.74, 6) is 2.81. The van der Waals surface area contributed by atoms with Gasteiger partial charge in [0.05, 0.1) is 23.4 Å². The monoisotopic (exact) mass is 684 g/mol. The van der Waals surface area contributed by atoms with E-state index in [1.807, 2.05) is 31.2 Å². The van der Waals surface area contributed by atoms with Crippen LogP contribution in [0.5, 0.6) is 0 Å². The van der Waals surface area contributed by atoms with Crippen molar-refractivity contribution >= 4 is 29.2 Å². The Hall–Kier alpha value is -5.76. The normalized spacial score (nSPS) is 17.0. The highest BCUT2D eigenvalue weighted by Gasteiger charge is 2.25. The number of hydrogen-bond donors (Lipinski definition) is 0. The van der Waals surface area contributed by atoms with Crippen LogP contribution < -0.4 is 4.90 Å². The van der Waals surface area contributed by atoms with Crippen molar-refractivity contribution in [2.24, 2.45) is 5.92 Å². The van der Waals surface area contributed by atoms with E-state index in [-0.39, 0.29) is 5.92 Å². The predicted octanol–water partition coefficient (Wildman–Crippen LogP) is 12.5. The van der Waals surface area contributed by atoms with Crippen LogP contribution in [0, 0.1) is 40.9 Å². The van der Waals surface area contributed by atoms with Gasteiger partial charge in [0, 0.05) is 53.6 Å².